The predicted molar refractivity (Wildman–Crippen MR) is 91.9 cm³/mol. The van der Waals surface area contributed by atoms with E-state index in [0.717, 1.165) is 5.56 Å². The maximum absolute atomic E-state index is 13.3. The van der Waals surface area contributed by atoms with E-state index >= 15 is 0 Å². The lowest BCUT2D eigenvalue weighted by Gasteiger charge is -2.21. The molecule has 1 aliphatic heterocycles. The summed E-state index contributed by atoms with van der Waals surface area (Å²) in [7, 11) is 0. The van der Waals surface area contributed by atoms with Gasteiger partial charge in [0.05, 0.1) is 18.7 Å². The summed E-state index contributed by atoms with van der Waals surface area (Å²) in [4.78, 5) is 26.0. The van der Waals surface area contributed by atoms with Gasteiger partial charge in [-0.3, -0.25) is 14.5 Å². The number of carbonyl (C=O) groups is 2. The number of hydrogen-bond acceptors (Lipinski definition) is 3. The number of anilines is 1. The largest absolute Gasteiger partial charge is 0.491 e. The number of nitrogens with zero attached hydrogens (tertiary/aromatic N) is 1. The van der Waals surface area contributed by atoms with E-state index in [1.807, 2.05) is 6.07 Å². The average Bonchev–Trinajstić information content (AvgIpc) is 2.75. The first kappa shape index (κ1) is 17.0. The summed E-state index contributed by atoms with van der Waals surface area (Å²) in [5, 5.41) is 2.77. The molecule has 2 amide bonds. The van der Waals surface area contributed by atoms with Gasteiger partial charge in [-0.2, -0.15) is 0 Å². The third-order valence-electron chi connectivity index (χ3n) is 4.04. The Balaban J connectivity index is 1.67. The van der Waals surface area contributed by atoms with Crippen LogP contribution in [-0.2, 0) is 16.1 Å². The second-order valence-electron chi connectivity index (χ2n) is 5.91. The van der Waals surface area contributed by atoms with Gasteiger partial charge in [0.1, 0.15) is 18.1 Å². The van der Waals surface area contributed by atoms with E-state index in [4.69, 9.17) is 4.74 Å². The van der Waals surface area contributed by atoms with E-state index in [1.165, 1.54) is 11.0 Å². The lowest BCUT2D eigenvalue weighted by Crippen LogP contribution is -2.40. The molecule has 2 aromatic carbocycles. The van der Waals surface area contributed by atoms with Crippen LogP contribution >= 0.6 is 0 Å². The van der Waals surface area contributed by atoms with Gasteiger partial charge in [-0.05, 0) is 36.2 Å². The molecule has 3 rings (SSSR count). The molecule has 1 N–H and O–H groups in total. The summed E-state index contributed by atoms with van der Waals surface area (Å²) in [6.07, 6.45) is 0.221. The Bertz CT molecular complexity index is 807. The molecule has 5 nitrogen and oxygen atoms in total. The molecule has 0 spiro atoms. The van der Waals surface area contributed by atoms with Crippen LogP contribution in [0.4, 0.5) is 10.1 Å². The van der Waals surface area contributed by atoms with Gasteiger partial charge in [0.15, 0.2) is 0 Å². The van der Waals surface area contributed by atoms with Crippen LogP contribution in [0.2, 0.25) is 0 Å². The lowest BCUT2D eigenvalue weighted by atomic mass is 10.1. The summed E-state index contributed by atoms with van der Waals surface area (Å²) >= 11 is 0. The number of nitrogens with one attached hydrogen (secondary N) is 1. The van der Waals surface area contributed by atoms with E-state index in [0.29, 0.717) is 23.6 Å². The number of aryl methyl sites for hydroxylation is 1. The van der Waals surface area contributed by atoms with Crippen LogP contribution in [0.1, 0.15) is 17.5 Å². The number of para-hydroxylation sites is 2. The van der Waals surface area contributed by atoms with Crippen molar-refractivity contribution in [2.45, 2.75) is 19.9 Å². The fraction of sp³-hybridized carbons (Fsp3) is 0.263. The van der Waals surface area contributed by atoms with Gasteiger partial charge >= 0.3 is 0 Å². The van der Waals surface area contributed by atoms with E-state index in [-0.39, 0.29) is 37.1 Å². The molecule has 0 bridgehead atoms. The molecule has 0 aromatic heterocycles. The highest BCUT2D eigenvalue weighted by Gasteiger charge is 2.24. The SMILES string of the molecule is Cc1cc(CNC(=O)CN2C(=O)CCOc3ccccc32)ccc1F. The quantitative estimate of drug-likeness (QED) is 0.929. The number of fused-ring (bicyclic) bond motifs is 1. The monoisotopic (exact) mass is 342 g/mol. The van der Waals surface area contributed by atoms with Crippen molar-refractivity contribution in [2.75, 3.05) is 18.1 Å². The molecule has 0 atom stereocenters. The first-order chi connectivity index (χ1) is 12.0. The van der Waals surface area contributed by atoms with Crippen molar-refractivity contribution in [3.8, 4) is 5.75 Å². The van der Waals surface area contributed by atoms with Crippen LogP contribution < -0.4 is 15.0 Å². The second-order valence-corrected chi connectivity index (χ2v) is 5.91. The van der Waals surface area contributed by atoms with E-state index < -0.39 is 0 Å². The minimum absolute atomic E-state index is 0.0839. The summed E-state index contributed by atoms with van der Waals surface area (Å²) < 4.78 is 18.8. The molecule has 6 heteroatoms. The van der Waals surface area contributed by atoms with Crippen LogP contribution in [0.5, 0.6) is 5.75 Å². The lowest BCUT2D eigenvalue weighted by molar-refractivity contribution is -0.124. The molecule has 130 valence electrons. The van der Waals surface area contributed by atoms with Crippen LogP contribution in [0.3, 0.4) is 0 Å². The molecule has 1 aliphatic rings. The number of benzene rings is 2. The molecule has 0 unspecified atom stereocenters. The van der Waals surface area contributed by atoms with Gasteiger partial charge in [0, 0.05) is 6.54 Å². The Hall–Kier alpha value is -2.89. The highest BCUT2D eigenvalue weighted by atomic mass is 19.1. The third-order valence-corrected chi connectivity index (χ3v) is 4.04. The van der Waals surface area contributed by atoms with Crippen LogP contribution in [0.25, 0.3) is 0 Å². The van der Waals surface area contributed by atoms with E-state index in [1.54, 1.807) is 37.3 Å². The second kappa shape index (κ2) is 7.34. The van der Waals surface area contributed by atoms with Crippen LogP contribution in [0.15, 0.2) is 42.5 Å². The van der Waals surface area contributed by atoms with Crippen molar-refractivity contribution in [1.29, 1.82) is 0 Å². The Morgan fingerprint density at radius 2 is 2.08 bits per heavy atom. The molecule has 0 fully saturated rings. The number of halogens is 1. The Kier molecular flexibility index (Phi) is 4.97. The molecular formula is C19H19FN2O3. The van der Waals surface area contributed by atoms with Crippen molar-refractivity contribution in [2.24, 2.45) is 0 Å². The minimum Gasteiger partial charge on any atom is -0.491 e. The highest BCUT2D eigenvalue weighted by molar-refractivity contribution is 6.00. The molecule has 1 heterocycles. The first-order valence-electron chi connectivity index (χ1n) is 8.08. The zero-order chi connectivity index (χ0) is 17.8. The number of rotatable bonds is 4. The molecule has 0 saturated heterocycles. The standard InChI is InChI=1S/C19H19FN2O3/c1-13-10-14(6-7-15(13)20)11-21-18(23)12-22-16-4-2-3-5-17(16)25-9-8-19(22)24/h2-7,10H,8-9,11-12H2,1H3,(H,21,23). The third kappa shape index (κ3) is 3.96. The molecule has 0 radical (unpaired) electrons. The van der Waals surface area contributed by atoms with Gasteiger partial charge in [0.25, 0.3) is 0 Å². The van der Waals surface area contributed by atoms with Crippen molar-refractivity contribution in [1.82, 2.24) is 5.32 Å². The normalized spacial score (nSPS) is 13.7. The summed E-state index contributed by atoms with van der Waals surface area (Å²) in [5.74, 6) is -0.123. The topological polar surface area (TPSA) is 58.6 Å². The molecule has 0 saturated carbocycles. The summed E-state index contributed by atoms with van der Waals surface area (Å²) in [6.45, 7) is 2.16. The van der Waals surface area contributed by atoms with Gasteiger partial charge < -0.3 is 10.1 Å². The Labute approximate surface area is 145 Å². The average molecular weight is 342 g/mol. The van der Waals surface area contributed by atoms with Crippen LogP contribution in [0, 0.1) is 12.7 Å². The summed E-state index contributed by atoms with van der Waals surface area (Å²) in [5.41, 5.74) is 1.93. The van der Waals surface area contributed by atoms with Gasteiger partial charge in [0.2, 0.25) is 11.8 Å². The van der Waals surface area contributed by atoms with Crippen molar-refractivity contribution in [3.63, 3.8) is 0 Å². The Morgan fingerprint density at radius 1 is 1.28 bits per heavy atom. The van der Waals surface area contributed by atoms with Crippen molar-refractivity contribution in [3.05, 3.63) is 59.4 Å². The van der Waals surface area contributed by atoms with Gasteiger partial charge in [-0.1, -0.05) is 24.3 Å². The van der Waals surface area contributed by atoms with Crippen molar-refractivity contribution >= 4 is 17.5 Å². The van der Waals surface area contributed by atoms with Gasteiger partial charge in [-0.15, -0.1) is 0 Å². The minimum atomic E-state index is -0.285. The number of hydrogen-bond donors (Lipinski definition) is 1. The fourth-order valence-electron chi connectivity index (χ4n) is 2.71. The summed E-state index contributed by atoms with van der Waals surface area (Å²) in [6, 6.07) is 11.9. The molecule has 2 aromatic rings. The highest BCUT2D eigenvalue weighted by Crippen LogP contribution is 2.30. The molecular weight excluding hydrogens is 323 g/mol. The smallest absolute Gasteiger partial charge is 0.240 e. The maximum Gasteiger partial charge on any atom is 0.240 e. The zero-order valence-corrected chi connectivity index (χ0v) is 13.9. The Morgan fingerprint density at radius 3 is 2.88 bits per heavy atom. The van der Waals surface area contributed by atoms with E-state index in [2.05, 4.69) is 5.32 Å². The number of amides is 2. The van der Waals surface area contributed by atoms with Crippen molar-refractivity contribution < 1.29 is 18.7 Å². The van der Waals surface area contributed by atoms with Gasteiger partial charge in [-0.25, -0.2) is 4.39 Å². The zero-order valence-electron chi connectivity index (χ0n) is 13.9. The predicted octanol–water partition coefficient (Wildman–Crippen LogP) is 2.57. The number of ether oxygens (including phenoxy) is 1. The molecule has 0 aliphatic carbocycles. The molecule has 25 heavy (non-hydrogen) atoms. The fourth-order valence-corrected chi connectivity index (χ4v) is 2.71. The van der Waals surface area contributed by atoms with E-state index in [9.17, 15) is 14.0 Å². The first-order valence-corrected chi connectivity index (χ1v) is 8.08. The van der Waals surface area contributed by atoms with Crippen LogP contribution in [-0.4, -0.2) is 25.0 Å². The maximum atomic E-state index is 13.3. The number of carbonyl (C=O) groups excluding carboxylic acids is 2.